The van der Waals surface area contributed by atoms with Crippen molar-refractivity contribution in [2.24, 2.45) is 12.1 Å². The summed E-state index contributed by atoms with van der Waals surface area (Å²) in [5.74, 6) is -1.64. The van der Waals surface area contributed by atoms with Crippen molar-refractivity contribution in [3.05, 3.63) is 58.6 Å². The minimum absolute atomic E-state index is 0.139. The Morgan fingerprint density at radius 3 is 2.55 bits per heavy atom. The van der Waals surface area contributed by atoms with E-state index in [4.69, 9.17) is 0 Å². The molecule has 0 atom stereocenters. The molecule has 10 heteroatoms. The van der Waals surface area contributed by atoms with Crippen molar-refractivity contribution in [3.63, 3.8) is 0 Å². The molecule has 0 saturated heterocycles. The lowest BCUT2D eigenvalue weighted by atomic mass is 10.2. The van der Waals surface area contributed by atoms with Gasteiger partial charge in [-0.15, -0.1) is 5.10 Å². The molecule has 0 aliphatic heterocycles. The third-order valence-electron chi connectivity index (χ3n) is 4.49. The van der Waals surface area contributed by atoms with Crippen LogP contribution < -0.4 is 10.2 Å². The van der Waals surface area contributed by atoms with E-state index < -0.39 is 21.7 Å². The van der Waals surface area contributed by atoms with Crippen molar-refractivity contribution < 1.29 is 17.6 Å². The van der Waals surface area contributed by atoms with E-state index in [0.29, 0.717) is 4.80 Å². The van der Waals surface area contributed by atoms with Crippen LogP contribution in [0.1, 0.15) is 24.2 Å². The van der Waals surface area contributed by atoms with Gasteiger partial charge in [-0.25, -0.2) is 18.2 Å². The fraction of sp³-hybridized carbons (Fsp3) is 0.263. The predicted octanol–water partition coefficient (Wildman–Crippen LogP) is 2.66. The number of hydrogen-bond donors (Lipinski definition) is 1. The number of para-hydroxylation sites is 1. The number of rotatable bonds is 6. The van der Waals surface area contributed by atoms with Gasteiger partial charge in [0.2, 0.25) is 14.8 Å². The number of carbonyl (C=O) groups excluding carboxylic acids is 1. The predicted molar refractivity (Wildman–Crippen MR) is 110 cm³/mol. The number of thiazole rings is 1. The number of sulfonamides is 1. The quantitative estimate of drug-likeness (QED) is 0.603. The molecule has 0 fully saturated rings. The summed E-state index contributed by atoms with van der Waals surface area (Å²) in [7, 11) is -2.00. The highest BCUT2D eigenvalue weighted by molar-refractivity contribution is 7.89. The average Bonchev–Trinajstić information content (AvgIpc) is 3.03. The van der Waals surface area contributed by atoms with Crippen LogP contribution in [0.15, 0.2) is 52.5 Å². The van der Waals surface area contributed by atoms with E-state index >= 15 is 0 Å². The fourth-order valence-corrected chi connectivity index (χ4v) is 5.36. The molecule has 0 spiro atoms. The molecule has 3 rings (SSSR count). The summed E-state index contributed by atoms with van der Waals surface area (Å²) in [6.07, 6.45) is 0. The van der Waals surface area contributed by atoms with Crippen molar-refractivity contribution in [2.75, 3.05) is 13.1 Å². The zero-order valence-corrected chi connectivity index (χ0v) is 17.8. The Labute approximate surface area is 172 Å². The third kappa shape index (κ3) is 4.09. The summed E-state index contributed by atoms with van der Waals surface area (Å²) in [6.45, 7) is 3.97. The molecule has 0 unspecified atom stereocenters. The first kappa shape index (κ1) is 21.2. The van der Waals surface area contributed by atoms with E-state index in [-0.39, 0.29) is 23.5 Å². The van der Waals surface area contributed by atoms with Crippen LogP contribution in [0.5, 0.6) is 0 Å². The Morgan fingerprint density at radius 1 is 1.21 bits per heavy atom. The Kier molecular flexibility index (Phi) is 6.15. The molecular formula is C19H21FN4O3S2. The van der Waals surface area contributed by atoms with Crippen LogP contribution in [0.4, 0.5) is 4.39 Å². The largest absolute Gasteiger partial charge is 0.318 e. The first-order chi connectivity index (χ1) is 13.8. The lowest BCUT2D eigenvalue weighted by Gasteiger charge is -2.18. The maximum Gasteiger partial charge on any atom is 0.274 e. The van der Waals surface area contributed by atoms with Gasteiger partial charge >= 0.3 is 0 Å². The molecule has 1 N–H and O–H groups in total. The van der Waals surface area contributed by atoms with Crippen molar-refractivity contribution in [1.29, 1.82) is 0 Å². The van der Waals surface area contributed by atoms with Gasteiger partial charge in [0.05, 0.1) is 20.7 Å². The van der Waals surface area contributed by atoms with Crippen LogP contribution in [-0.2, 0) is 17.1 Å². The first-order valence-corrected chi connectivity index (χ1v) is 11.2. The van der Waals surface area contributed by atoms with Crippen molar-refractivity contribution >= 4 is 37.5 Å². The fourth-order valence-electron chi connectivity index (χ4n) is 2.90. The van der Waals surface area contributed by atoms with Crippen LogP contribution >= 0.6 is 11.3 Å². The van der Waals surface area contributed by atoms with Crippen LogP contribution in [-0.4, -0.2) is 36.3 Å². The minimum atomic E-state index is -3.81. The van der Waals surface area contributed by atoms with Gasteiger partial charge in [0.15, 0.2) is 0 Å². The third-order valence-corrected chi connectivity index (χ3v) is 7.65. The van der Waals surface area contributed by atoms with Crippen LogP contribution in [0, 0.1) is 5.82 Å². The van der Waals surface area contributed by atoms with Crippen LogP contribution in [0.3, 0.4) is 0 Å². The van der Waals surface area contributed by atoms with E-state index in [1.165, 1.54) is 15.6 Å². The number of nitrogens with one attached hydrogen (secondary N) is 1. The smallest absolute Gasteiger partial charge is 0.274 e. The number of aromatic nitrogens is 1. The number of nitrogens with zero attached hydrogens (tertiary/aromatic N) is 3. The maximum absolute atomic E-state index is 14.2. The average molecular weight is 437 g/mol. The van der Waals surface area contributed by atoms with Crippen LogP contribution in [0.2, 0.25) is 0 Å². The summed E-state index contributed by atoms with van der Waals surface area (Å²) in [6, 6.07) is 10.8. The van der Waals surface area contributed by atoms with E-state index in [9.17, 15) is 17.6 Å². The van der Waals surface area contributed by atoms with Gasteiger partial charge in [-0.3, -0.25) is 4.79 Å². The molecular weight excluding hydrogens is 415 g/mol. The number of fused-ring (bicyclic) bond motifs is 1. The van der Waals surface area contributed by atoms with Gasteiger partial charge < -0.3 is 4.57 Å². The molecule has 1 aromatic heterocycles. The van der Waals surface area contributed by atoms with Gasteiger partial charge in [0.1, 0.15) is 5.82 Å². The molecule has 2 aromatic carbocycles. The highest BCUT2D eigenvalue weighted by Crippen LogP contribution is 2.19. The highest BCUT2D eigenvalue weighted by atomic mass is 32.2. The lowest BCUT2D eigenvalue weighted by Crippen LogP contribution is -2.31. The second-order valence-corrected chi connectivity index (χ2v) is 9.14. The Hall–Kier alpha value is -2.56. The number of hydrogen-bond acceptors (Lipinski definition) is 5. The Morgan fingerprint density at radius 2 is 1.90 bits per heavy atom. The zero-order valence-electron chi connectivity index (χ0n) is 16.2. The van der Waals surface area contributed by atoms with E-state index in [2.05, 4.69) is 10.5 Å². The van der Waals surface area contributed by atoms with Gasteiger partial charge in [0, 0.05) is 20.1 Å². The van der Waals surface area contributed by atoms with Crippen molar-refractivity contribution in [2.45, 2.75) is 18.7 Å². The molecule has 0 saturated carbocycles. The van der Waals surface area contributed by atoms with E-state index in [1.807, 2.05) is 31.3 Å². The minimum Gasteiger partial charge on any atom is -0.318 e. The SMILES string of the molecule is CCN(CC)S(=O)(=O)c1ccc(F)c(C(=O)N/N=c2\sc3ccccc3n2C)c1. The summed E-state index contributed by atoms with van der Waals surface area (Å²) < 4.78 is 43.6. The first-order valence-electron chi connectivity index (χ1n) is 8.98. The standard InChI is InChI=1S/C19H21FN4O3S2/c1-4-24(5-2)29(26,27)13-10-11-15(20)14(12-13)18(25)21-22-19-23(3)16-8-6-7-9-17(16)28-19/h6-12H,4-5H2,1-3H3,(H,21,25)/b22-19-. The number of amides is 1. The number of aryl methyl sites for hydroxylation is 1. The van der Waals surface area contributed by atoms with E-state index in [0.717, 1.165) is 28.4 Å². The molecule has 3 aromatic rings. The molecule has 0 bridgehead atoms. The second-order valence-electron chi connectivity index (χ2n) is 6.20. The molecule has 7 nitrogen and oxygen atoms in total. The number of halogens is 1. The van der Waals surface area contributed by atoms with Gasteiger partial charge in [-0.1, -0.05) is 37.3 Å². The molecule has 154 valence electrons. The van der Waals surface area contributed by atoms with Crippen LogP contribution in [0.25, 0.3) is 10.2 Å². The van der Waals surface area contributed by atoms with E-state index in [1.54, 1.807) is 18.4 Å². The highest BCUT2D eigenvalue weighted by Gasteiger charge is 2.24. The topological polar surface area (TPSA) is 83.8 Å². The summed E-state index contributed by atoms with van der Waals surface area (Å²) in [5.41, 5.74) is 2.89. The summed E-state index contributed by atoms with van der Waals surface area (Å²) >= 11 is 1.37. The second kappa shape index (κ2) is 8.44. The summed E-state index contributed by atoms with van der Waals surface area (Å²) in [5, 5.41) is 4.08. The summed E-state index contributed by atoms with van der Waals surface area (Å²) in [4.78, 5) is 12.9. The van der Waals surface area contributed by atoms with Gasteiger partial charge in [0.25, 0.3) is 5.91 Å². The monoisotopic (exact) mass is 436 g/mol. The Bertz CT molecular complexity index is 1230. The number of carbonyl (C=O) groups is 1. The Balaban J connectivity index is 1.94. The van der Waals surface area contributed by atoms with Crippen molar-refractivity contribution in [3.8, 4) is 0 Å². The maximum atomic E-state index is 14.2. The molecule has 1 heterocycles. The number of benzene rings is 2. The lowest BCUT2D eigenvalue weighted by molar-refractivity contribution is 0.0948. The molecule has 1 amide bonds. The molecule has 0 radical (unpaired) electrons. The molecule has 29 heavy (non-hydrogen) atoms. The molecule has 0 aliphatic carbocycles. The normalized spacial score (nSPS) is 12.7. The molecule has 0 aliphatic rings. The zero-order chi connectivity index (χ0) is 21.2. The van der Waals surface area contributed by atoms with Gasteiger partial charge in [-0.2, -0.15) is 4.31 Å². The van der Waals surface area contributed by atoms with Crippen molar-refractivity contribution in [1.82, 2.24) is 14.3 Å². The van der Waals surface area contributed by atoms with Gasteiger partial charge in [-0.05, 0) is 30.3 Å².